The quantitative estimate of drug-likeness (QED) is 0.729. The molecule has 4 rings (SSSR count). The van der Waals surface area contributed by atoms with E-state index in [9.17, 15) is 4.79 Å². The van der Waals surface area contributed by atoms with Crippen molar-refractivity contribution in [1.82, 2.24) is 19.6 Å². The Bertz CT molecular complexity index is 955. The monoisotopic (exact) mass is 349 g/mol. The number of hydrogen-bond donors (Lipinski definition) is 0. The lowest BCUT2D eigenvalue weighted by Crippen LogP contribution is -2.31. The van der Waals surface area contributed by atoms with Crippen molar-refractivity contribution < 1.29 is 4.79 Å². The van der Waals surface area contributed by atoms with Crippen LogP contribution in [0.2, 0.25) is 0 Å². The summed E-state index contributed by atoms with van der Waals surface area (Å²) in [7, 11) is 1.84. The molecule has 1 aromatic carbocycles. The summed E-state index contributed by atoms with van der Waals surface area (Å²) in [6.45, 7) is 6.99. The van der Waals surface area contributed by atoms with Gasteiger partial charge in [-0.1, -0.05) is 32.0 Å². The molecule has 0 saturated carbocycles. The summed E-state index contributed by atoms with van der Waals surface area (Å²) in [5.41, 5.74) is 3.58. The Morgan fingerprint density at radius 3 is 2.69 bits per heavy atom. The lowest BCUT2D eigenvalue weighted by molar-refractivity contribution is 0.0986. The van der Waals surface area contributed by atoms with E-state index in [1.807, 2.05) is 49.3 Å². The molecule has 3 aromatic rings. The second kappa shape index (κ2) is 6.12. The van der Waals surface area contributed by atoms with Gasteiger partial charge in [-0.25, -0.2) is 9.36 Å². The molecular formula is C20H23N5O. The summed E-state index contributed by atoms with van der Waals surface area (Å²) < 4.78 is 3.42. The van der Waals surface area contributed by atoms with Crippen LogP contribution in [0.25, 0.3) is 5.82 Å². The predicted octanol–water partition coefficient (Wildman–Crippen LogP) is 3.31. The van der Waals surface area contributed by atoms with Crippen LogP contribution in [0.15, 0.2) is 42.7 Å². The lowest BCUT2D eigenvalue weighted by atomic mass is 9.90. The largest absolute Gasteiger partial charge is 0.307 e. The van der Waals surface area contributed by atoms with Gasteiger partial charge in [0.1, 0.15) is 5.56 Å². The first-order chi connectivity index (χ1) is 12.5. The molecule has 1 aliphatic heterocycles. The van der Waals surface area contributed by atoms with Gasteiger partial charge in [0.15, 0.2) is 5.82 Å². The summed E-state index contributed by atoms with van der Waals surface area (Å²) in [5, 5.41) is 8.78. The van der Waals surface area contributed by atoms with Crippen LogP contribution in [0.5, 0.6) is 0 Å². The van der Waals surface area contributed by atoms with Gasteiger partial charge in [-0.2, -0.15) is 10.2 Å². The number of nitrogens with zero attached hydrogens (tertiary/aromatic N) is 5. The minimum atomic E-state index is -0.0169. The van der Waals surface area contributed by atoms with Crippen LogP contribution in [-0.4, -0.2) is 32.0 Å². The third kappa shape index (κ3) is 2.44. The van der Waals surface area contributed by atoms with Crippen LogP contribution in [0.3, 0.4) is 0 Å². The van der Waals surface area contributed by atoms with Crippen LogP contribution in [0.4, 0.5) is 5.69 Å². The van der Waals surface area contributed by atoms with Gasteiger partial charge < -0.3 is 4.90 Å². The number of carbonyl (C=O) groups excluding carboxylic acids is 1. The molecule has 1 atom stereocenters. The first-order valence-electron chi connectivity index (χ1n) is 8.93. The van der Waals surface area contributed by atoms with E-state index in [-0.39, 0.29) is 5.91 Å². The summed E-state index contributed by atoms with van der Waals surface area (Å²) in [6, 6.07) is 10.1. The third-order valence-electron chi connectivity index (χ3n) is 5.18. The second-order valence-corrected chi connectivity index (χ2v) is 7.18. The smallest absolute Gasteiger partial charge is 0.264 e. The van der Waals surface area contributed by atoms with Crippen LogP contribution < -0.4 is 4.90 Å². The van der Waals surface area contributed by atoms with E-state index in [0.29, 0.717) is 35.5 Å². The van der Waals surface area contributed by atoms with Crippen molar-refractivity contribution in [2.75, 3.05) is 11.4 Å². The molecule has 0 saturated heterocycles. The molecule has 134 valence electrons. The van der Waals surface area contributed by atoms with E-state index in [2.05, 4.69) is 30.1 Å². The Morgan fingerprint density at radius 1 is 1.23 bits per heavy atom. The van der Waals surface area contributed by atoms with Gasteiger partial charge in [-0.3, -0.25) is 4.79 Å². The number of amides is 1. The van der Waals surface area contributed by atoms with Crippen LogP contribution >= 0.6 is 0 Å². The highest BCUT2D eigenvalue weighted by atomic mass is 16.2. The first-order valence-corrected chi connectivity index (χ1v) is 8.93. The van der Waals surface area contributed by atoms with Crippen molar-refractivity contribution in [2.45, 2.75) is 26.7 Å². The Kier molecular flexibility index (Phi) is 3.90. The molecule has 0 radical (unpaired) electrons. The fourth-order valence-electron chi connectivity index (χ4n) is 3.89. The van der Waals surface area contributed by atoms with Crippen LogP contribution in [0, 0.1) is 12.8 Å². The van der Waals surface area contributed by atoms with Crippen molar-refractivity contribution in [3.8, 4) is 5.82 Å². The molecule has 0 unspecified atom stereocenters. The number of anilines is 1. The van der Waals surface area contributed by atoms with Crippen LogP contribution in [-0.2, 0) is 7.05 Å². The highest BCUT2D eigenvalue weighted by molar-refractivity contribution is 6.10. The Labute approximate surface area is 153 Å². The SMILES string of the molecule is Cc1nn(C)c(-n2cccn2)c1C(=O)N1C[C@H](C(C)C)c2ccccc21. The summed E-state index contributed by atoms with van der Waals surface area (Å²) in [4.78, 5) is 15.5. The number of hydrogen-bond acceptors (Lipinski definition) is 3. The van der Waals surface area contributed by atoms with E-state index < -0.39 is 0 Å². The third-order valence-corrected chi connectivity index (χ3v) is 5.18. The molecule has 0 N–H and O–H groups in total. The van der Waals surface area contributed by atoms with E-state index in [1.54, 1.807) is 15.6 Å². The molecule has 26 heavy (non-hydrogen) atoms. The van der Waals surface area contributed by atoms with Gasteiger partial charge in [0.2, 0.25) is 0 Å². The average molecular weight is 349 g/mol. The maximum Gasteiger partial charge on any atom is 0.264 e. The zero-order valence-electron chi connectivity index (χ0n) is 15.5. The van der Waals surface area contributed by atoms with Crippen molar-refractivity contribution >= 4 is 11.6 Å². The number of carbonyl (C=O) groups is 1. The highest BCUT2D eigenvalue weighted by Gasteiger charge is 2.36. The van der Waals surface area contributed by atoms with Crippen LogP contribution in [0.1, 0.15) is 41.4 Å². The normalized spacial score (nSPS) is 16.3. The molecule has 0 aliphatic carbocycles. The van der Waals surface area contributed by atoms with Gasteiger partial charge in [0, 0.05) is 37.6 Å². The van der Waals surface area contributed by atoms with Gasteiger partial charge in [-0.15, -0.1) is 0 Å². The van der Waals surface area contributed by atoms with Gasteiger partial charge in [0.25, 0.3) is 5.91 Å². The Balaban J connectivity index is 1.81. The summed E-state index contributed by atoms with van der Waals surface area (Å²) >= 11 is 0. The zero-order chi connectivity index (χ0) is 18.4. The van der Waals surface area contributed by atoms with Crippen molar-refractivity contribution in [2.24, 2.45) is 13.0 Å². The molecule has 6 nitrogen and oxygen atoms in total. The minimum Gasteiger partial charge on any atom is -0.307 e. The van der Waals surface area contributed by atoms with E-state index >= 15 is 0 Å². The second-order valence-electron chi connectivity index (χ2n) is 7.18. The van der Waals surface area contributed by atoms with E-state index in [4.69, 9.17) is 0 Å². The van der Waals surface area contributed by atoms with E-state index in [0.717, 1.165) is 5.69 Å². The predicted molar refractivity (Wildman–Crippen MR) is 101 cm³/mol. The topological polar surface area (TPSA) is 56.0 Å². The van der Waals surface area contributed by atoms with Gasteiger partial charge in [0.05, 0.1) is 5.69 Å². The molecular weight excluding hydrogens is 326 g/mol. The van der Waals surface area contributed by atoms with Crippen molar-refractivity contribution in [3.05, 3.63) is 59.5 Å². The number of benzene rings is 1. The number of fused-ring (bicyclic) bond motifs is 1. The number of para-hydroxylation sites is 1. The molecule has 2 aromatic heterocycles. The molecule has 1 amide bonds. The van der Waals surface area contributed by atoms with Crippen molar-refractivity contribution in [3.63, 3.8) is 0 Å². The highest BCUT2D eigenvalue weighted by Crippen LogP contribution is 2.41. The number of aryl methyl sites for hydroxylation is 2. The number of aromatic nitrogens is 4. The number of rotatable bonds is 3. The minimum absolute atomic E-state index is 0.0169. The molecule has 3 heterocycles. The summed E-state index contributed by atoms with van der Waals surface area (Å²) in [5.74, 6) is 1.49. The zero-order valence-corrected chi connectivity index (χ0v) is 15.5. The fraction of sp³-hybridized carbons (Fsp3) is 0.350. The van der Waals surface area contributed by atoms with E-state index in [1.165, 1.54) is 5.56 Å². The maximum absolute atomic E-state index is 13.6. The Hall–Kier alpha value is -2.89. The first kappa shape index (κ1) is 16.6. The molecule has 1 aliphatic rings. The molecule has 0 bridgehead atoms. The standard InChI is InChI=1S/C20H23N5O/c1-13(2)16-12-24(17-9-6-5-8-15(16)17)20(26)18-14(3)22-23(4)19(18)25-11-7-10-21-25/h5-11,13,16H,12H2,1-4H3/t16-/m1/s1. The summed E-state index contributed by atoms with van der Waals surface area (Å²) in [6.07, 6.45) is 3.54. The average Bonchev–Trinajstić information content (AvgIpc) is 3.31. The molecule has 6 heteroatoms. The maximum atomic E-state index is 13.6. The lowest BCUT2D eigenvalue weighted by Gasteiger charge is -2.19. The molecule has 0 fully saturated rings. The Morgan fingerprint density at radius 2 is 2.00 bits per heavy atom. The molecule has 0 spiro atoms. The van der Waals surface area contributed by atoms with Gasteiger partial charge in [-0.05, 0) is 30.5 Å². The van der Waals surface area contributed by atoms with Crippen molar-refractivity contribution in [1.29, 1.82) is 0 Å². The van der Waals surface area contributed by atoms with Gasteiger partial charge >= 0.3 is 0 Å². The fourth-order valence-corrected chi connectivity index (χ4v) is 3.89.